The maximum Gasteiger partial charge on any atom is 0.276 e. The number of hydrogen-bond acceptors (Lipinski definition) is 4. The van der Waals surface area contributed by atoms with Crippen molar-refractivity contribution >= 4 is 5.91 Å². The second-order valence-corrected chi connectivity index (χ2v) is 7.17. The molecule has 2 aromatic rings. The van der Waals surface area contributed by atoms with Crippen molar-refractivity contribution in [2.75, 3.05) is 7.05 Å². The van der Waals surface area contributed by atoms with Gasteiger partial charge in [-0.25, -0.2) is 4.68 Å². The number of amides is 1. The maximum atomic E-state index is 12.8. The maximum absolute atomic E-state index is 12.8. The molecule has 2 heterocycles. The Morgan fingerprint density at radius 1 is 1.28 bits per heavy atom. The molecule has 1 N–H and O–H groups in total. The van der Waals surface area contributed by atoms with Gasteiger partial charge in [-0.05, 0) is 33.6 Å². The van der Waals surface area contributed by atoms with Crippen LogP contribution >= 0.6 is 0 Å². The van der Waals surface area contributed by atoms with Crippen LogP contribution in [-0.4, -0.2) is 43.0 Å². The molecule has 1 amide bonds. The molecule has 0 saturated heterocycles. The third-order valence-corrected chi connectivity index (χ3v) is 5.43. The van der Waals surface area contributed by atoms with Gasteiger partial charge in [-0.3, -0.25) is 9.89 Å². The van der Waals surface area contributed by atoms with Crippen LogP contribution in [-0.2, 0) is 0 Å². The van der Waals surface area contributed by atoms with Gasteiger partial charge in [0.05, 0.1) is 24.0 Å². The van der Waals surface area contributed by atoms with E-state index < -0.39 is 0 Å². The van der Waals surface area contributed by atoms with Crippen LogP contribution < -0.4 is 0 Å². The molecule has 0 radical (unpaired) electrons. The number of aryl methyl sites for hydroxylation is 2. The van der Waals surface area contributed by atoms with Gasteiger partial charge in [-0.15, -0.1) is 5.10 Å². The summed E-state index contributed by atoms with van der Waals surface area (Å²) in [5, 5.41) is 15.6. The van der Waals surface area contributed by atoms with Crippen molar-refractivity contribution in [3.63, 3.8) is 0 Å². The minimum atomic E-state index is -0.104. The van der Waals surface area contributed by atoms with Gasteiger partial charge in [-0.2, -0.15) is 5.10 Å². The lowest BCUT2D eigenvalue weighted by atomic mass is 10.1. The fraction of sp³-hybridized carbons (Fsp3) is 0.667. The van der Waals surface area contributed by atoms with E-state index in [4.69, 9.17) is 0 Å². The Morgan fingerprint density at radius 2 is 1.96 bits per heavy atom. The molecule has 1 atom stereocenters. The van der Waals surface area contributed by atoms with Crippen molar-refractivity contribution in [2.24, 2.45) is 0 Å². The van der Waals surface area contributed by atoms with Gasteiger partial charge < -0.3 is 4.90 Å². The zero-order valence-corrected chi connectivity index (χ0v) is 15.6. The van der Waals surface area contributed by atoms with Crippen molar-refractivity contribution in [1.82, 2.24) is 30.1 Å². The van der Waals surface area contributed by atoms with Gasteiger partial charge in [-0.1, -0.05) is 30.9 Å². The molecule has 0 unspecified atom stereocenters. The van der Waals surface area contributed by atoms with E-state index in [-0.39, 0.29) is 11.9 Å². The number of nitrogens with zero attached hydrogens (tertiary/aromatic N) is 5. The Kier molecular flexibility index (Phi) is 5.20. The summed E-state index contributed by atoms with van der Waals surface area (Å²) in [7, 11) is 1.81. The van der Waals surface area contributed by atoms with E-state index in [2.05, 4.69) is 20.5 Å². The van der Waals surface area contributed by atoms with Crippen molar-refractivity contribution in [1.29, 1.82) is 0 Å². The highest BCUT2D eigenvalue weighted by atomic mass is 16.2. The average Bonchev–Trinajstić information content (AvgIpc) is 3.11. The Morgan fingerprint density at radius 3 is 2.56 bits per heavy atom. The molecule has 0 spiro atoms. The van der Waals surface area contributed by atoms with Gasteiger partial charge in [0.25, 0.3) is 5.91 Å². The summed E-state index contributed by atoms with van der Waals surface area (Å²) in [5.74, 6) is -0.104. The number of nitrogens with one attached hydrogen (secondary N) is 1. The minimum Gasteiger partial charge on any atom is -0.333 e. The lowest BCUT2D eigenvalue weighted by Gasteiger charge is -2.24. The number of aromatic nitrogens is 5. The van der Waals surface area contributed by atoms with E-state index in [1.165, 1.54) is 25.7 Å². The van der Waals surface area contributed by atoms with Crippen LogP contribution in [0.25, 0.3) is 0 Å². The van der Waals surface area contributed by atoms with Gasteiger partial charge in [0.2, 0.25) is 0 Å². The van der Waals surface area contributed by atoms with Crippen LogP contribution in [0.1, 0.15) is 85.0 Å². The predicted molar refractivity (Wildman–Crippen MR) is 95.3 cm³/mol. The van der Waals surface area contributed by atoms with Crippen molar-refractivity contribution in [2.45, 2.75) is 71.4 Å². The summed E-state index contributed by atoms with van der Waals surface area (Å²) in [5.41, 5.74) is 3.39. The van der Waals surface area contributed by atoms with E-state index in [0.29, 0.717) is 11.7 Å². The zero-order chi connectivity index (χ0) is 18.0. The number of aromatic amines is 1. The number of carbonyl (C=O) groups is 1. The van der Waals surface area contributed by atoms with Crippen LogP contribution in [0, 0.1) is 13.8 Å². The summed E-state index contributed by atoms with van der Waals surface area (Å²) in [6.45, 7) is 5.95. The summed E-state index contributed by atoms with van der Waals surface area (Å²) in [4.78, 5) is 14.6. The number of hydrogen-bond donors (Lipinski definition) is 1. The summed E-state index contributed by atoms with van der Waals surface area (Å²) in [6.07, 6.45) is 9.10. The molecule has 2 aromatic heterocycles. The second-order valence-electron chi connectivity index (χ2n) is 7.17. The first-order chi connectivity index (χ1) is 12.0. The fourth-order valence-corrected chi connectivity index (χ4v) is 3.80. The topological polar surface area (TPSA) is 79.7 Å². The predicted octanol–water partition coefficient (Wildman–Crippen LogP) is 3.35. The molecule has 1 aliphatic rings. The molecule has 0 aliphatic heterocycles. The normalized spacial score (nSPS) is 17.3. The summed E-state index contributed by atoms with van der Waals surface area (Å²) >= 11 is 0. The molecule has 1 saturated carbocycles. The van der Waals surface area contributed by atoms with Crippen LogP contribution in [0.4, 0.5) is 0 Å². The lowest BCUT2D eigenvalue weighted by Crippen LogP contribution is -2.30. The molecule has 0 aromatic carbocycles. The first-order valence-corrected chi connectivity index (χ1v) is 9.19. The van der Waals surface area contributed by atoms with Crippen molar-refractivity contribution in [3.8, 4) is 0 Å². The molecule has 1 aliphatic carbocycles. The molecule has 7 nitrogen and oxygen atoms in total. The number of rotatable bonds is 4. The molecule has 0 bridgehead atoms. The Balaban J connectivity index is 1.74. The number of H-pyrrole nitrogens is 1. The first-order valence-electron chi connectivity index (χ1n) is 9.19. The van der Waals surface area contributed by atoms with Crippen LogP contribution in [0.3, 0.4) is 0 Å². The SMILES string of the molecule is Cc1n[nH]c(C)c1[C@H](C)N(C)C(=O)c1cn(C2CCCCCC2)nn1. The smallest absolute Gasteiger partial charge is 0.276 e. The van der Waals surface area contributed by atoms with E-state index >= 15 is 0 Å². The highest BCUT2D eigenvalue weighted by molar-refractivity contribution is 5.92. The van der Waals surface area contributed by atoms with E-state index in [1.807, 2.05) is 38.7 Å². The quantitative estimate of drug-likeness (QED) is 0.863. The van der Waals surface area contributed by atoms with E-state index in [9.17, 15) is 4.79 Å². The van der Waals surface area contributed by atoms with Gasteiger partial charge in [0.15, 0.2) is 5.69 Å². The third-order valence-electron chi connectivity index (χ3n) is 5.43. The van der Waals surface area contributed by atoms with Gasteiger partial charge >= 0.3 is 0 Å². The standard InChI is InChI=1S/C18H28N6O/c1-12-17(13(2)20-19-12)14(3)23(4)18(25)16-11-24(22-21-16)15-9-7-5-6-8-10-15/h11,14-15H,5-10H2,1-4H3,(H,19,20)/t14-/m0/s1. The molecule has 3 rings (SSSR count). The molecule has 1 fully saturated rings. The minimum absolute atomic E-state index is 0.0747. The fourth-order valence-electron chi connectivity index (χ4n) is 3.80. The Hall–Kier alpha value is -2.18. The largest absolute Gasteiger partial charge is 0.333 e. The molecule has 25 heavy (non-hydrogen) atoms. The molecular weight excluding hydrogens is 316 g/mol. The van der Waals surface area contributed by atoms with Gasteiger partial charge in [0.1, 0.15) is 0 Å². The molecular formula is C18H28N6O. The third kappa shape index (κ3) is 3.60. The van der Waals surface area contributed by atoms with E-state index in [1.54, 1.807) is 4.90 Å². The van der Waals surface area contributed by atoms with Crippen LogP contribution in [0.2, 0.25) is 0 Å². The molecule has 136 valence electrons. The van der Waals surface area contributed by atoms with Gasteiger partial charge in [0, 0.05) is 18.3 Å². The van der Waals surface area contributed by atoms with E-state index in [0.717, 1.165) is 29.8 Å². The first kappa shape index (κ1) is 17.6. The molecule has 7 heteroatoms. The Bertz CT molecular complexity index is 706. The van der Waals surface area contributed by atoms with Crippen LogP contribution in [0.5, 0.6) is 0 Å². The highest BCUT2D eigenvalue weighted by Crippen LogP contribution is 2.27. The highest BCUT2D eigenvalue weighted by Gasteiger charge is 2.26. The second kappa shape index (κ2) is 7.37. The lowest BCUT2D eigenvalue weighted by molar-refractivity contribution is 0.0736. The number of carbonyl (C=O) groups excluding carboxylic acids is 1. The van der Waals surface area contributed by atoms with Crippen molar-refractivity contribution in [3.05, 3.63) is 28.8 Å². The van der Waals surface area contributed by atoms with Crippen LogP contribution in [0.15, 0.2) is 6.20 Å². The monoisotopic (exact) mass is 344 g/mol. The summed E-state index contributed by atoms with van der Waals surface area (Å²) in [6, 6.07) is 0.298. The summed E-state index contributed by atoms with van der Waals surface area (Å²) < 4.78 is 1.89. The average molecular weight is 344 g/mol. The Labute approximate surface area is 148 Å². The zero-order valence-electron chi connectivity index (χ0n) is 15.6. The van der Waals surface area contributed by atoms with Crippen molar-refractivity contribution < 1.29 is 4.79 Å².